The van der Waals surface area contributed by atoms with Crippen LogP contribution in [-0.2, 0) is 9.59 Å². The molecular weight excluding hydrogens is 274 g/mol. The lowest BCUT2D eigenvalue weighted by molar-refractivity contribution is -0.131. The number of rotatable bonds is 8. The standard InChI is InChI=1S/C15H19NO5/c1-3-16-14(17)8-9-21-13-10-11(5-7-15(18)19)4-6-12(13)20-2/h4-7,10H,3,8-9H2,1-2H3,(H,16,17)(H,18,19). The molecule has 0 atom stereocenters. The van der Waals surface area contributed by atoms with Gasteiger partial charge in [0.15, 0.2) is 11.5 Å². The van der Waals surface area contributed by atoms with Crippen LogP contribution >= 0.6 is 0 Å². The molecule has 1 aromatic rings. The summed E-state index contributed by atoms with van der Waals surface area (Å²) in [7, 11) is 1.51. The predicted octanol–water partition coefficient (Wildman–Crippen LogP) is 1.70. The van der Waals surface area contributed by atoms with E-state index in [-0.39, 0.29) is 18.9 Å². The van der Waals surface area contributed by atoms with Gasteiger partial charge in [0, 0.05) is 12.6 Å². The number of aliphatic carboxylic acids is 1. The molecule has 0 aliphatic carbocycles. The number of benzene rings is 1. The van der Waals surface area contributed by atoms with Crippen molar-refractivity contribution in [3.63, 3.8) is 0 Å². The fourth-order valence-electron chi connectivity index (χ4n) is 1.62. The maximum absolute atomic E-state index is 11.3. The number of amides is 1. The van der Waals surface area contributed by atoms with Crippen LogP contribution in [0.2, 0.25) is 0 Å². The summed E-state index contributed by atoms with van der Waals surface area (Å²) in [6.45, 7) is 2.64. The molecule has 1 amide bonds. The molecule has 0 bridgehead atoms. The predicted molar refractivity (Wildman–Crippen MR) is 78.5 cm³/mol. The minimum absolute atomic E-state index is 0.0848. The van der Waals surface area contributed by atoms with Gasteiger partial charge in [-0.2, -0.15) is 0 Å². The van der Waals surface area contributed by atoms with E-state index in [2.05, 4.69) is 5.32 Å². The maximum Gasteiger partial charge on any atom is 0.328 e. The Bertz CT molecular complexity index is 525. The van der Waals surface area contributed by atoms with E-state index in [1.807, 2.05) is 6.92 Å². The number of ether oxygens (including phenoxy) is 2. The third kappa shape index (κ3) is 5.99. The van der Waals surface area contributed by atoms with Gasteiger partial charge in [0.1, 0.15) is 0 Å². The summed E-state index contributed by atoms with van der Waals surface area (Å²) in [5.41, 5.74) is 0.672. The molecule has 0 aliphatic heterocycles. The Hall–Kier alpha value is -2.50. The molecule has 0 radical (unpaired) electrons. The van der Waals surface area contributed by atoms with Gasteiger partial charge in [0.2, 0.25) is 5.91 Å². The number of methoxy groups -OCH3 is 1. The highest BCUT2D eigenvalue weighted by atomic mass is 16.5. The topological polar surface area (TPSA) is 84.9 Å². The number of nitrogens with one attached hydrogen (secondary N) is 1. The van der Waals surface area contributed by atoms with Crippen LogP contribution in [0.5, 0.6) is 11.5 Å². The molecule has 0 spiro atoms. The van der Waals surface area contributed by atoms with Crippen LogP contribution < -0.4 is 14.8 Å². The van der Waals surface area contributed by atoms with Gasteiger partial charge >= 0.3 is 5.97 Å². The zero-order chi connectivity index (χ0) is 15.7. The molecule has 2 N–H and O–H groups in total. The van der Waals surface area contributed by atoms with Gasteiger partial charge in [0.25, 0.3) is 0 Å². The zero-order valence-corrected chi connectivity index (χ0v) is 12.1. The largest absolute Gasteiger partial charge is 0.493 e. The van der Waals surface area contributed by atoms with E-state index in [4.69, 9.17) is 14.6 Å². The van der Waals surface area contributed by atoms with Crippen LogP contribution in [0.3, 0.4) is 0 Å². The molecule has 21 heavy (non-hydrogen) atoms. The average Bonchev–Trinajstić information content (AvgIpc) is 2.45. The van der Waals surface area contributed by atoms with Gasteiger partial charge in [-0.05, 0) is 30.7 Å². The smallest absolute Gasteiger partial charge is 0.328 e. The number of carbonyl (C=O) groups is 2. The molecular formula is C15H19NO5. The summed E-state index contributed by atoms with van der Waals surface area (Å²) in [4.78, 5) is 21.8. The molecule has 0 heterocycles. The van der Waals surface area contributed by atoms with Gasteiger partial charge < -0.3 is 19.9 Å². The summed E-state index contributed by atoms with van der Waals surface area (Å²) in [5, 5.41) is 11.3. The van der Waals surface area contributed by atoms with Gasteiger partial charge in [-0.1, -0.05) is 6.07 Å². The Morgan fingerprint density at radius 1 is 1.33 bits per heavy atom. The van der Waals surface area contributed by atoms with E-state index >= 15 is 0 Å². The zero-order valence-electron chi connectivity index (χ0n) is 12.1. The Balaban J connectivity index is 2.71. The first-order chi connectivity index (χ1) is 10.1. The quantitative estimate of drug-likeness (QED) is 0.713. The van der Waals surface area contributed by atoms with Crippen molar-refractivity contribution in [3.8, 4) is 11.5 Å². The first-order valence-corrected chi connectivity index (χ1v) is 6.55. The van der Waals surface area contributed by atoms with Crippen LogP contribution in [0.4, 0.5) is 0 Å². The second kappa shape index (κ2) is 8.63. The highest BCUT2D eigenvalue weighted by Gasteiger charge is 2.06. The number of carboxylic acids is 1. The van der Waals surface area contributed by atoms with Crippen LogP contribution in [0, 0.1) is 0 Å². The monoisotopic (exact) mass is 293 g/mol. The highest BCUT2D eigenvalue weighted by Crippen LogP contribution is 2.28. The van der Waals surface area contributed by atoms with E-state index in [1.165, 1.54) is 13.2 Å². The fraction of sp³-hybridized carbons (Fsp3) is 0.333. The van der Waals surface area contributed by atoms with Gasteiger partial charge in [-0.15, -0.1) is 0 Å². The lowest BCUT2D eigenvalue weighted by Gasteiger charge is -2.11. The Morgan fingerprint density at radius 2 is 2.10 bits per heavy atom. The highest BCUT2D eigenvalue weighted by molar-refractivity contribution is 5.85. The second-order valence-electron chi connectivity index (χ2n) is 4.13. The second-order valence-corrected chi connectivity index (χ2v) is 4.13. The van der Waals surface area contributed by atoms with Crippen molar-refractivity contribution in [2.75, 3.05) is 20.3 Å². The molecule has 0 unspecified atom stereocenters. The summed E-state index contributed by atoms with van der Waals surface area (Å²) >= 11 is 0. The Labute approximate surface area is 123 Å². The fourth-order valence-corrected chi connectivity index (χ4v) is 1.62. The first-order valence-electron chi connectivity index (χ1n) is 6.55. The normalized spacial score (nSPS) is 10.4. The van der Waals surface area contributed by atoms with Crippen molar-refractivity contribution in [3.05, 3.63) is 29.8 Å². The third-order valence-corrected chi connectivity index (χ3v) is 2.57. The van der Waals surface area contributed by atoms with Gasteiger partial charge in [0.05, 0.1) is 20.1 Å². The van der Waals surface area contributed by atoms with Crippen LogP contribution in [-0.4, -0.2) is 37.2 Å². The minimum Gasteiger partial charge on any atom is -0.493 e. The molecule has 1 rings (SSSR count). The molecule has 6 heteroatoms. The van der Waals surface area contributed by atoms with E-state index in [9.17, 15) is 9.59 Å². The van der Waals surface area contributed by atoms with Crippen molar-refractivity contribution in [1.29, 1.82) is 0 Å². The van der Waals surface area contributed by atoms with Crippen molar-refractivity contribution in [2.24, 2.45) is 0 Å². The van der Waals surface area contributed by atoms with Gasteiger partial charge in [-0.25, -0.2) is 4.79 Å². The van der Waals surface area contributed by atoms with E-state index in [0.717, 1.165) is 6.08 Å². The number of hydrogen-bond donors (Lipinski definition) is 2. The summed E-state index contributed by atoms with van der Waals surface area (Å²) in [6.07, 6.45) is 2.74. The lowest BCUT2D eigenvalue weighted by Crippen LogP contribution is -2.24. The number of hydrogen-bond acceptors (Lipinski definition) is 4. The molecule has 114 valence electrons. The SMILES string of the molecule is CCNC(=O)CCOc1cc(C=CC(=O)O)ccc1OC. The molecule has 0 aliphatic rings. The molecule has 0 saturated carbocycles. The van der Waals surface area contributed by atoms with E-state index in [1.54, 1.807) is 18.2 Å². The Kier molecular flexibility index (Phi) is 6.80. The van der Waals surface area contributed by atoms with Crippen LogP contribution in [0.25, 0.3) is 6.08 Å². The van der Waals surface area contributed by atoms with Crippen molar-refractivity contribution in [2.45, 2.75) is 13.3 Å². The lowest BCUT2D eigenvalue weighted by atomic mass is 10.2. The summed E-state index contributed by atoms with van der Waals surface area (Å²) in [5.74, 6) is -0.115. The van der Waals surface area contributed by atoms with Crippen LogP contribution in [0.1, 0.15) is 18.9 Å². The minimum atomic E-state index is -1.02. The van der Waals surface area contributed by atoms with Gasteiger partial charge in [-0.3, -0.25) is 4.79 Å². The third-order valence-electron chi connectivity index (χ3n) is 2.57. The molecule has 0 aromatic heterocycles. The summed E-state index contributed by atoms with van der Waals surface area (Å²) < 4.78 is 10.7. The Morgan fingerprint density at radius 3 is 2.71 bits per heavy atom. The molecule has 6 nitrogen and oxygen atoms in total. The number of carbonyl (C=O) groups excluding carboxylic acids is 1. The van der Waals surface area contributed by atoms with Crippen molar-refractivity contribution < 1.29 is 24.2 Å². The van der Waals surface area contributed by atoms with Crippen molar-refractivity contribution in [1.82, 2.24) is 5.32 Å². The number of carboxylic acid groups (broad SMARTS) is 1. The van der Waals surface area contributed by atoms with E-state index < -0.39 is 5.97 Å². The van der Waals surface area contributed by atoms with Crippen molar-refractivity contribution >= 4 is 18.0 Å². The molecule has 0 fully saturated rings. The molecule has 0 saturated heterocycles. The average molecular weight is 293 g/mol. The maximum atomic E-state index is 11.3. The van der Waals surface area contributed by atoms with Crippen LogP contribution in [0.15, 0.2) is 24.3 Å². The summed E-state index contributed by atoms with van der Waals surface area (Å²) in [6, 6.07) is 5.06. The van der Waals surface area contributed by atoms with E-state index in [0.29, 0.717) is 23.6 Å². The molecule has 1 aromatic carbocycles. The first kappa shape index (κ1) is 16.6.